The van der Waals surface area contributed by atoms with Gasteiger partial charge in [0.25, 0.3) is 0 Å². The average Bonchev–Trinajstić information content (AvgIpc) is 2.73. The van der Waals surface area contributed by atoms with Crippen LogP contribution in [0.3, 0.4) is 0 Å². The molecule has 2 aromatic carbocycles. The number of carbonyl (C=O) groups is 1. The number of fused-ring (bicyclic) bond motifs is 1. The molecule has 0 fully saturated rings. The largest absolute Gasteiger partial charge is 0.477 e. The molecule has 6 heteroatoms. The predicted molar refractivity (Wildman–Crippen MR) is 114 cm³/mol. The van der Waals surface area contributed by atoms with E-state index in [9.17, 15) is 4.79 Å². The van der Waals surface area contributed by atoms with Crippen molar-refractivity contribution in [1.29, 1.82) is 5.26 Å². The number of aromatic carboxylic acids is 1. The summed E-state index contributed by atoms with van der Waals surface area (Å²) in [6.45, 7) is 7.94. The molecular formula is C22H20ClN3O2. The molecule has 1 heterocycles. The number of nitrogens with zero attached hydrogens (tertiary/aromatic N) is 2. The van der Waals surface area contributed by atoms with Crippen molar-refractivity contribution in [1.82, 2.24) is 4.98 Å². The van der Waals surface area contributed by atoms with Crippen LogP contribution in [-0.2, 0) is 0 Å². The molecule has 142 valence electrons. The molecule has 1 aromatic heterocycles. The standard InChI is InChI=1S/C20H14ClN3O2.C2H6/c1-12(10-22)11-23-19-15-9-14(6-5-13(15)7-8-16(19)21)17-3-2-4-18(24-17)20(25)26;1-2/h2-9,23H,1,11H2,(H,25,26);1-2H3. The van der Waals surface area contributed by atoms with Crippen molar-refractivity contribution >= 4 is 34.0 Å². The first kappa shape index (κ1) is 20.9. The molecule has 3 rings (SSSR count). The van der Waals surface area contributed by atoms with Gasteiger partial charge in [-0.2, -0.15) is 5.26 Å². The zero-order valence-corrected chi connectivity index (χ0v) is 16.4. The predicted octanol–water partition coefficient (Wildman–Crippen LogP) is 5.77. The Balaban J connectivity index is 0.00000136. The van der Waals surface area contributed by atoms with E-state index in [1.807, 2.05) is 44.2 Å². The van der Waals surface area contributed by atoms with Crippen molar-refractivity contribution in [2.24, 2.45) is 0 Å². The second-order valence-corrected chi connectivity index (χ2v) is 6.05. The number of pyridine rings is 1. The molecule has 0 atom stereocenters. The van der Waals surface area contributed by atoms with Crippen molar-refractivity contribution in [2.45, 2.75) is 13.8 Å². The van der Waals surface area contributed by atoms with Crippen LogP contribution < -0.4 is 5.32 Å². The Morgan fingerprint density at radius 1 is 1.25 bits per heavy atom. The lowest BCUT2D eigenvalue weighted by atomic mass is 10.0. The molecule has 0 amide bonds. The maximum atomic E-state index is 11.1. The monoisotopic (exact) mass is 393 g/mol. The van der Waals surface area contributed by atoms with Crippen LogP contribution in [0, 0.1) is 11.3 Å². The molecule has 2 N–H and O–H groups in total. The summed E-state index contributed by atoms with van der Waals surface area (Å²) in [5.41, 5.74) is 2.39. The Kier molecular flexibility index (Phi) is 7.14. The Labute approximate surface area is 168 Å². The lowest BCUT2D eigenvalue weighted by Crippen LogP contribution is -2.04. The van der Waals surface area contributed by atoms with Crippen LogP contribution >= 0.6 is 11.6 Å². The highest BCUT2D eigenvalue weighted by molar-refractivity contribution is 6.35. The summed E-state index contributed by atoms with van der Waals surface area (Å²) < 4.78 is 0. The number of hydrogen-bond donors (Lipinski definition) is 2. The van der Waals surface area contributed by atoms with Gasteiger partial charge in [0.15, 0.2) is 0 Å². The van der Waals surface area contributed by atoms with Gasteiger partial charge < -0.3 is 10.4 Å². The van der Waals surface area contributed by atoms with Crippen LogP contribution in [0.1, 0.15) is 24.3 Å². The summed E-state index contributed by atoms with van der Waals surface area (Å²) in [6, 6.07) is 16.2. The minimum Gasteiger partial charge on any atom is -0.477 e. The van der Waals surface area contributed by atoms with Crippen LogP contribution in [0.2, 0.25) is 5.02 Å². The average molecular weight is 394 g/mol. The number of nitriles is 1. The Bertz CT molecular complexity index is 1070. The zero-order chi connectivity index (χ0) is 20.7. The summed E-state index contributed by atoms with van der Waals surface area (Å²) in [7, 11) is 0. The number of anilines is 1. The maximum absolute atomic E-state index is 11.1. The first-order chi connectivity index (χ1) is 13.5. The normalized spacial score (nSPS) is 9.79. The van der Waals surface area contributed by atoms with Crippen LogP contribution in [-0.4, -0.2) is 22.6 Å². The van der Waals surface area contributed by atoms with Crippen molar-refractivity contribution in [3.05, 3.63) is 71.4 Å². The van der Waals surface area contributed by atoms with E-state index in [1.54, 1.807) is 18.2 Å². The molecule has 5 nitrogen and oxygen atoms in total. The highest BCUT2D eigenvalue weighted by atomic mass is 35.5. The molecule has 3 aromatic rings. The van der Waals surface area contributed by atoms with E-state index in [1.165, 1.54) is 6.07 Å². The number of nitrogens with one attached hydrogen (secondary N) is 1. The summed E-state index contributed by atoms with van der Waals surface area (Å²) in [6.07, 6.45) is 0. The van der Waals surface area contributed by atoms with E-state index in [-0.39, 0.29) is 12.2 Å². The SMILES string of the molecule is C=C(C#N)CNc1c(Cl)ccc2ccc(-c3cccc(C(=O)O)n3)cc12.CC. The van der Waals surface area contributed by atoms with E-state index in [0.29, 0.717) is 22.0 Å². The topological polar surface area (TPSA) is 86.0 Å². The quantitative estimate of drug-likeness (QED) is 0.537. The first-order valence-corrected chi connectivity index (χ1v) is 9.12. The van der Waals surface area contributed by atoms with Gasteiger partial charge in [-0.05, 0) is 29.7 Å². The maximum Gasteiger partial charge on any atom is 0.354 e. The molecule has 0 aliphatic carbocycles. The van der Waals surface area contributed by atoms with E-state index >= 15 is 0 Å². The van der Waals surface area contributed by atoms with Gasteiger partial charge in [-0.25, -0.2) is 9.78 Å². The molecule has 0 aliphatic heterocycles. The Morgan fingerprint density at radius 3 is 2.64 bits per heavy atom. The lowest BCUT2D eigenvalue weighted by Gasteiger charge is -2.13. The number of carboxylic acid groups (broad SMARTS) is 1. The minimum absolute atomic E-state index is 0.0163. The number of hydrogen-bond acceptors (Lipinski definition) is 4. The number of rotatable bonds is 5. The van der Waals surface area contributed by atoms with E-state index < -0.39 is 5.97 Å². The number of carboxylic acids is 1. The molecule has 28 heavy (non-hydrogen) atoms. The first-order valence-electron chi connectivity index (χ1n) is 8.74. The fourth-order valence-electron chi connectivity index (χ4n) is 2.58. The smallest absolute Gasteiger partial charge is 0.354 e. The molecule has 0 aliphatic rings. The van der Waals surface area contributed by atoms with Gasteiger partial charge in [0, 0.05) is 23.1 Å². The second kappa shape index (κ2) is 9.54. The molecule has 0 unspecified atom stereocenters. The zero-order valence-electron chi connectivity index (χ0n) is 15.7. The van der Waals surface area contributed by atoms with Gasteiger partial charge in [-0.1, -0.05) is 56.3 Å². The van der Waals surface area contributed by atoms with E-state index in [2.05, 4.69) is 16.9 Å². The third-order valence-corrected chi connectivity index (χ3v) is 4.19. The summed E-state index contributed by atoms with van der Waals surface area (Å²) >= 11 is 6.33. The Morgan fingerprint density at radius 2 is 1.96 bits per heavy atom. The number of aromatic nitrogens is 1. The number of halogens is 1. The molecule has 0 saturated carbocycles. The van der Waals surface area contributed by atoms with Crippen molar-refractivity contribution < 1.29 is 9.90 Å². The molecular weight excluding hydrogens is 374 g/mol. The molecule has 0 radical (unpaired) electrons. The van der Waals surface area contributed by atoms with Gasteiger partial charge in [0.2, 0.25) is 0 Å². The summed E-state index contributed by atoms with van der Waals surface area (Å²) in [5, 5.41) is 23.5. The van der Waals surface area contributed by atoms with Crippen molar-refractivity contribution in [3.8, 4) is 17.3 Å². The fraction of sp³-hybridized carbons (Fsp3) is 0.136. The molecule has 0 saturated heterocycles. The van der Waals surface area contributed by atoms with Crippen LogP contribution in [0.5, 0.6) is 0 Å². The van der Waals surface area contributed by atoms with Crippen LogP contribution in [0.15, 0.2) is 60.7 Å². The molecule has 0 bridgehead atoms. The van der Waals surface area contributed by atoms with Gasteiger partial charge in [-0.15, -0.1) is 0 Å². The molecule has 0 spiro atoms. The van der Waals surface area contributed by atoms with Gasteiger partial charge in [0.05, 0.1) is 22.5 Å². The fourth-order valence-corrected chi connectivity index (χ4v) is 2.81. The van der Waals surface area contributed by atoms with E-state index in [4.69, 9.17) is 22.0 Å². The van der Waals surface area contributed by atoms with Crippen molar-refractivity contribution in [3.63, 3.8) is 0 Å². The summed E-state index contributed by atoms with van der Waals surface area (Å²) in [4.78, 5) is 15.3. The van der Waals surface area contributed by atoms with Crippen LogP contribution in [0.25, 0.3) is 22.0 Å². The van der Waals surface area contributed by atoms with Crippen molar-refractivity contribution in [2.75, 3.05) is 11.9 Å². The lowest BCUT2D eigenvalue weighted by molar-refractivity contribution is 0.0690. The van der Waals surface area contributed by atoms with Gasteiger partial charge in [0.1, 0.15) is 5.69 Å². The second-order valence-electron chi connectivity index (χ2n) is 5.64. The highest BCUT2D eigenvalue weighted by Gasteiger charge is 2.11. The van der Waals surface area contributed by atoms with E-state index in [0.717, 1.165) is 16.3 Å². The summed E-state index contributed by atoms with van der Waals surface area (Å²) in [5.74, 6) is -1.08. The van der Waals surface area contributed by atoms with Gasteiger partial charge >= 0.3 is 5.97 Å². The third-order valence-electron chi connectivity index (χ3n) is 3.87. The highest BCUT2D eigenvalue weighted by Crippen LogP contribution is 2.34. The van der Waals surface area contributed by atoms with Crippen LogP contribution in [0.4, 0.5) is 5.69 Å². The minimum atomic E-state index is -1.08. The number of benzene rings is 2. The Hall–Kier alpha value is -3.36. The van der Waals surface area contributed by atoms with Gasteiger partial charge in [-0.3, -0.25) is 0 Å². The third kappa shape index (κ3) is 4.67.